The molecule has 18 heavy (non-hydrogen) atoms. The molecule has 1 aromatic heterocycles. The summed E-state index contributed by atoms with van der Waals surface area (Å²) in [6, 6.07) is 0.329. The lowest BCUT2D eigenvalue weighted by molar-refractivity contribution is 0.166. The number of aliphatic hydroxyl groups is 1. The van der Waals surface area contributed by atoms with Crippen LogP contribution in [0.15, 0.2) is 4.52 Å². The molecule has 0 spiro atoms. The van der Waals surface area contributed by atoms with Crippen molar-refractivity contribution in [3.05, 3.63) is 11.7 Å². The summed E-state index contributed by atoms with van der Waals surface area (Å²) in [5, 5.41) is 13.7. The molecule has 0 saturated carbocycles. The first-order valence-electron chi connectivity index (χ1n) is 6.17. The van der Waals surface area contributed by atoms with Gasteiger partial charge in [0, 0.05) is 19.1 Å². The second-order valence-corrected chi connectivity index (χ2v) is 5.04. The van der Waals surface area contributed by atoms with Crippen LogP contribution in [0.3, 0.4) is 0 Å². The Balaban J connectivity index is 1.97. The Morgan fingerprint density at radius 2 is 2.33 bits per heavy atom. The standard InChI is InChI=1S/C11H21N5O2/c1-15(2)5-8-3-9(17)6-16(8)7-10-13-11(4-12)18-14-10/h8-9,17H,3-7,12H2,1-2H3. The minimum atomic E-state index is -0.268. The Morgan fingerprint density at radius 1 is 1.56 bits per heavy atom. The molecule has 0 amide bonds. The van der Waals surface area contributed by atoms with Crippen molar-refractivity contribution in [1.82, 2.24) is 19.9 Å². The summed E-state index contributed by atoms with van der Waals surface area (Å²) < 4.78 is 4.98. The molecule has 1 aromatic rings. The Hall–Kier alpha value is -1.02. The average Bonchev–Trinajstić information content (AvgIpc) is 2.86. The highest BCUT2D eigenvalue weighted by atomic mass is 16.5. The minimum absolute atomic E-state index is 0.261. The van der Waals surface area contributed by atoms with Crippen molar-refractivity contribution in [2.45, 2.75) is 31.7 Å². The Labute approximate surface area is 107 Å². The van der Waals surface area contributed by atoms with Crippen molar-refractivity contribution >= 4 is 0 Å². The van der Waals surface area contributed by atoms with Crippen molar-refractivity contribution in [3.8, 4) is 0 Å². The Morgan fingerprint density at radius 3 is 2.94 bits per heavy atom. The van der Waals surface area contributed by atoms with Gasteiger partial charge in [-0.2, -0.15) is 4.98 Å². The molecule has 102 valence electrons. The molecule has 1 fully saturated rings. The summed E-state index contributed by atoms with van der Waals surface area (Å²) in [7, 11) is 4.06. The van der Waals surface area contributed by atoms with Gasteiger partial charge in [-0.15, -0.1) is 0 Å². The molecule has 2 unspecified atom stereocenters. The molecule has 0 aliphatic carbocycles. The maximum absolute atomic E-state index is 9.77. The minimum Gasteiger partial charge on any atom is -0.392 e. The molecule has 0 bridgehead atoms. The van der Waals surface area contributed by atoms with Crippen LogP contribution < -0.4 is 5.73 Å². The fraction of sp³-hybridized carbons (Fsp3) is 0.818. The van der Waals surface area contributed by atoms with Crippen LogP contribution in [0.5, 0.6) is 0 Å². The molecular formula is C11H21N5O2. The van der Waals surface area contributed by atoms with Gasteiger partial charge in [0.25, 0.3) is 0 Å². The van der Waals surface area contributed by atoms with Crippen molar-refractivity contribution < 1.29 is 9.63 Å². The first-order chi connectivity index (χ1) is 8.58. The zero-order valence-electron chi connectivity index (χ0n) is 10.9. The lowest BCUT2D eigenvalue weighted by Gasteiger charge is -2.25. The van der Waals surface area contributed by atoms with Gasteiger partial charge in [0.1, 0.15) is 0 Å². The lowest BCUT2D eigenvalue weighted by atomic mass is 10.2. The van der Waals surface area contributed by atoms with E-state index in [9.17, 15) is 5.11 Å². The van der Waals surface area contributed by atoms with E-state index in [1.165, 1.54) is 0 Å². The number of rotatable bonds is 5. The van der Waals surface area contributed by atoms with Crippen LogP contribution in [-0.4, -0.2) is 64.4 Å². The average molecular weight is 255 g/mol. The molecule has 2 atom stereocenters. The molecule has 1 aliphatic rings. The van der Waals surface area contributed by atoms with Gasteiger partial charge in [-0.25, -0.2) is 0 Å². The zero-order valence-corrected chi connectivity index (χ0v) is 10.9. The van der Waals surface area contributed by atoms with Crippen LogP contribution in [0.1, 0.15) is 18.1 Å². The number of nitrogens with two attached hydrogens (primary N) is 1. The van der Waals surface area contributed by atoms with E-state index >= 15 is 0 Å². The second kappa shape index (κ2) is 5.75. The molecule has 0 aromatic carbocycles. The fourth-order valence-corrected chi connectivity index (χ4v) is 2.38. The molecule has 0 radical (unpaired) electrons. The predicted molar refractivity (Wildman–Crippen MR) is 65.6 cm³/mol. The number of likely N-dealkylation sites (N-methyl/N-ethyl adjacent to an activating group) is 1. The summed E-state index contributed by atoms with van der Waals surface area (Å²) >= 11 is 0. The third-order valence-corrected chi connectivity index (χ3v) is 3.11. The van der Waals surface area contributed by atoms with Crippen molar-refractivity contribution in [3.63, 3.8) is 0 Å². The molecule has 3 N–H and O–H groups in total. The quantitative estimate of drug-likeness (QED) is 0.699. The molecule has 7 heteroatoms. The molecule has 2 rings (SSSR count). The van der Waals surface area contributed by atoms with Gasteiger partial charge >= 0.3 is 0 Å². The Bertz CT molecular complexity index is 381. The first-order valence-corrected chi connectivity index (χ1v) is 6.17. The molecule has 1 saturated heterocycles. The van der Waals surface area contributed by atoms with Gasteiger partial charge in [-0.3, -0.25) is 4.90 Å². The van der Waals surface area contributed by atoms with Crippen molar-refractivity contribution in [2.24, 2.45) is 5.73 Å². The summed E-state index contributed by atoms with van der Waals surface area (Å²) in [6.45, 7) is 2.43. The maximum Gasteiger partial charge on any atom is 0.240 e. The van der Waals surface area contributed by atoms with E-state index in [1.54, 1.807) is 0 Å². The monoisotopic (exact) mass is 255 g/mol. The van der Waals surface area contributed by atoms with Crippen LogP contribution in [0.25, 0.3) is 0 Å². The summed E-state index contributed by atoms with van der Waals surface area (Å²) in [6.07, 6.45) is 0.524. The molecular weight excluding hydrogens is 234 g/mol. The highest BCUT2D eigenvalue weighted by Crippen LogP contribution is 2.20. The van der Waals surface area contributed by atoms with E-state index in [0.29, 0.717) is 30.8 Å². The SMILES string of the molecule is CN(C)CC1CC(O)CN1Cc1noc(CN)n1. The van der Waals surface area contributed by atoms with E-state index in [2.05, 4.69) is 19.9 Å². The highest BCUT2D eigenvalue weighted by Gasteiger charge is 2.31. The van der Waals surface area contributed by atoms with Crippen LogP contribution in [0, 0.1) is 0 Å². The van der Waals surface area contributed by atoms with E-state index in [0.717, 1.165) is 13.0 Å². The third kappa shape index (κ3) is 3.26. The highest BCUT2D eigenvalue weighted by molar-refractivity contribution is 4.92. The van der Waals surface area contributed by atoms with Gasteiger partial charge in [0.15, 0.2) is 5.82 Å². The number of likely N-dealkylation sites (tertiary alicyclic amines) is 1. The van der Waals surface area contributed by atoms with Crippen molar-refractivity contribution in [1.29, 1.82) is 0 Å². The molecule has 1 aliphatic heterocycles. The van der Waals surface area contributed by atoms with Crippen LogP contribution in [0.4, 0.5) is 0 Å². The van der Waals surface area contributed by atoms with Crippen LogP contribution in [-0.2, 0) is 13.1 Å². The predicted octanol–water partition coefficient (Wildman–Crippen LogP) is -0.975. The van der Waals surface area contributed by atoms with E-state index in [4.69, 9.17) is 10.3 Å². The lowest BCUT2D eigenvalue weighted by Crippen LogP contribution is -2.37. The van der Waals surface area contributed by atoms with Crippen LogP contribution in [0.2, 0.25) is 0 Å². The van der Waals surface area contributed by atoms with E-state index < -0.39 is 0 Å². The normalized spacial score (nSPS) is 25.2. The summed E-state index contributed by atoms with van der Waals surface area (Å²) in [5.74, 6) is 1.09. The number of hydrogen-bond donors (Lipinski definition) is 2. The number of nitrogens with zero attached hydrogens (tertiary/aromatic N) is 4. The topological polar surface area (TPSA) is 91.7 Å². The molecule has 2 heterocycles. The van der Waals surface area contributed by atoms with Gasteiger partial charge in [0.05, 0.1) is 19.2 Å². The summed E-state index contributed by atoms with van der Waals surface area (Å²) in [4.78, 5) is 8.50. The van der Waals surface area contributed by atoms with Crippen molar-refractivity contribution in [2.75, 3.05) is 27.2 Å². The Kier molecular flexibility index (Phi) is 4.28. The van der Waals surface area contributed by atoms with E-state index in [1.807, 2.05) is 14.1 Å². The van der Waals surface area contributed by atoms with Gasteiger partial charge in [-0.05, 0) is 20.5 Å². The van der Waals surface area contributed by atoms with Crippen LogP contribution >= 0.6 is 0 Å². The second-order valence-electron chi connectivity index (χ2n) is 5.04. The zero-order chi connectivity index (χ0) is 13.1. The first kappa shape index (κ1) is 13.4. The number of aromatic nitrogens is 2. The number of aliphatic hydroxyl groups excluding tert-OH is 1. The largest absolute Gasteiger partial charge is 0.392 e. The maximum atomic E-state index is 9.77. The number of β-amino-alcohol motifs (C(OH)–C–C–N with tert-alkyl or cyclic N) is 1. The fourth-order valence-electron chi connectivity index (χ4n) is 2.38. The van der Waals surface area contributed by atoms with Gasteiger partial charge < -0.3 is 20.3 Å². The smallest absolute Gasteiger partial charge is 0.240 e. The summed E-state index contributed by atoms with van der Waals surface area (Å²) in [5.41, 5.74) is 5.43. The number of hydrogen-bond acceptors (Lipinski definition) is 7. The van der Waals surface area contributed by atoms with Gasteiger partial charge in [-0.1, -0.05) is 5.16 Å². The van der Waals surface area contributed by atoms with E-state index in [-0.39, 0.29) is 12.6 Å². The van der Waals surface area contributed by atoms with Gasteiger partial charge in [0.2, 0.25) is 5.89 Å². The third-order valence-electron chi connectivity index (χ3n) is 3.11. The molecule has 7 nitrogen and oxygen atoms in total.